The number of aromatic nitrogens is 2. The summed E-state index contributed by atoms with van der Waals surface area (Å²) in [6.45, 7) is 4.13. The lowest BCUT2D eigenvalue weighted by atomic mass is 9.86. The molecule has 0 aliphatic heterocycles. The van der Waals surface area contributed by atoms with Crippen LogP contribution < -0.4 is 14.8 Å². The summed E-state index contributed by atoms with van der Waals surface area (Å²) in [6, 6.07) is 6.59. The lowest BCUT2D eigenvalue weighted by molar-refractivity contribution is 0.0905. The summed E-state index contributed by atoms with van der Waals surface area (Å²) in [5.74, 6) is 0.501. The molecule has 2 atom stereocenters. The summed E-state index contributed by atoms with van der Waals surface area (Å²) in [5.41, 5.74) is 1.41. The van der Waals surface area contributed by atoms with Crippen molar-refractivity contribution in [1.29, 1.82) is 0 Å². The molecule has 3 N–H and O–H groups in total. The van der Waals surface area contributed by atoms with Crippen LogP contribution in [0.2, 0.25) is 0 Å². The third-order valence-corrected chi connectivity index (χ3v) is 6.90. The number of H-pyrrole nitrogens is 1. The van der Waals surface area contributed by atoms with E-state index in [1.165, 1.54) is 19.6 Å². The van der Waals surface area contributed by atoms with Gasteiger partial charge >= 0.3 is 0 Å². The van der Waals surface area contributed by atoms with Crippen LogP contribution in [-0.4, -0.2) is 44.2 Å². The molecule has 1 amide bonds. The smallest absolute Gasteiger partial charge is 0.269 e. The molecule has 1 aliphatic rings. The quantitative estimate of drug-likeness (QED) is 0.637. The van der Waals surface area contributed by atoms with Gasteiger partial charge in [0.25, 0.3) is 5.91 Å². The Morgan fingerprint density at radius 3 is 2.72 bits per heavy atom. The maximum absolute atomic E-state index is 12.6. The molecule has 3 rings (SSSR count). The molecule has 1 aliphatic carbocycles. The van der Waals surface area contributed by atoms with Gasteiger partial charge in [0.1, 0.15) is 16.3 Å². The fourth-order valence-electron chi connectivity index (χ4n) is 3.68. The zero-order valence-electron chi connectivity index (χ0n) is 17.0. The van der Waals surface area contributed by atoms with Crippen LogP contribution in [0.3, 0.4) is 0 Å². The molecule has 9 heteroatoms. The van der Waals surface area contributed by atoms with Crippen LogP contribution in [0.15, 0.2) is 29.2 Å². The highest BCUT2D eigenvalue weighted by Crippen LogP contribution is 2.29. The van der Waals surface area contributed by atoms with Crippen LogP contribution >= 0.6 is 0 Å². The third-order valence-electron chi connectivity index (χ3n) is 5.33. The first kappa shape index (κ1) is 21.3. The van der Waals surface area contributed by atoms with E-state index in [1.807, 2.05) is 0 Å². The lowest BCUT2D eigenvalue weighted by Gasteiger charge is -2.29. The minimum Gasteiger partial charge on any atom is -0.495 e. The summed E-state index contributed by atoms with van der Waals surface area (Å²) < 4.78 is 32.6. The van der Waals surface area contributed by atoms with Crippen molar-refractivity contribution in [3.05, 3.63) is 30.0 Å². The number of nitrogens with zero attached hydrogens (tertiary/aromatic N) is 1. The van der Waals surface area contributed by atoms with Gasteiger partial charge in [0.2, 0.25) is 10.0 Å². The van der Waals surface area contributed by atoms with Crippen LogP contribution in [0.4, 0.5) is 0 Å². The highest BCUT2D eigenvalue weighted by molar-refractivity contribution is 7.89. The van der Waals surface area contributed by atoms with E-state index in [2.05, 4.69) is 27.2 Å². The van der Waals surface area contributed by atoms with Gasteiger partial charge in [0, 0.05) is 18.2 Å². The molecule has 0 radical (unpaired) electrons. The number of amides is 1. The van der Waals surface area contributed by atoms with Gasteiger partial charge in [-0.15, -0.1) is 0 Å². The molecule has 0 spiro atoms. The van der Waals surface area contributed by atoms with Crippen molar-refractivity contribution in [3.63, 3.8) is 0 Å². The zero-order valence-corrected chi connectivity index (χ0v) is 17.8. The van der Waals surface area contributed by atoms with Gasteiger partial charge in [-0.1, -0.05) is 26.7 Å². The average molecular weight is 421 g/mol. The Morgan fingerprint density at radius 2 is 2.03 bits per heavy atom. The second-order valence-corrected chi connectivity index (χ2v) is 9.11. The predicted molar refractivity (Wildman–Crippen MR) is 110 cm³/mol. The zero-order chi connectivity index (χ0) is 21.0. The molecule has 1 aromatic carbocycles. The van der Waals surface area contributed by atoms with E-state index < -0.39 is 10.0 Å². The molecule has 0 bridgehead atoms. The fourth-order valence-corrected chi connectivity index (χ4v) is 4.91. The largest absolute Gasteiger partial charge is 0.495 e. The molecule has 29 heavy (non-hydrogen) atoms. The van der Waals surface area contributed by atoms with Crippen molar-refractivity contribution in [2.75, 3.05) is 13.7 Å². The van der Waals surface area contributed by atoms with Gasteiger partial charge in [0.05, 0.1) is 12.8 Å². The number of sulfonamides is 1. The van der Waals surface area contributed by atoms with Crippen molar-refractivity contribution in [3.8, 4) is 17.0 Å². The topological polar surface area (TPSA) is 113 Å². The van der Waals surface area contributed by atoms with Crippen molar-refractivity contribution >= 4 is 15.9 Å². The first-order chi connectivity index (χ1) is 13.9. The van der Waals surface area contributed by atoms with E-state index >= 15 is 0 Å². The van der Waals surface area contributed by atoms with Gasteiger partial charge in [-0.05, 0) is 43.0 Å². The molecule has 2 aromatic rings. The van der Waals surface area contributed by atoms with Crippen LogP contribution in [0.1, 0.15) is 50.0 Å². The molecular weight excluding hydrogens is 392 g/mol. The maximum Gasteiger partial charge on any atom is 0.269 e. The minimum atomic E-state index is -3.71. The summed E-state index contributed by atoms with van der Waals surface area (Å²) in [5, 5.41) is 10.0. The van der Waals surface area contributed by atoms with Crippen LogP contribution in [0, 0.1) is 5.92 Å². The Labute approximate surface area is 171 Å². The molecule has 158 valence electrons. The average Bonchev–Trinajstić information content (AvgIpc) is 3.19. The summed E-state index contributed by atoms with van der Waals surface area (Å²) in [7, 11) is -2.29. The molecule has 0 unspecified atom stereocenters. The van der Waals surface area contributed by atoms with Crippen LogP contribution in [-0.2, 0) is 10.0 Å². The van der Waals surface area contributed by atoms with Crippen LogP contribution in [0.25, 0.3) is 11.3 Å². The number of methoxy groups -OCH3 is 1. The molecule has 1 saturated carbocycles. The Morgan fingerprint density at radius 1 is 1.28 bits per heavy atom. The molecule has 1 heterocycles. The van der Waals surface area contributed by atoms with Gasteiger partial charge < -0.3 is 10.1 Å². The van der Waals surface area contributed by atoms with E-state index in [9.17, 15) is 13.2 Å². The second-order valence-electron chi connectivity index (χ2n) is 7.38. The number of ether oxygens (including phenoxy) is 1. The summed E-state index contributed by atoms with van der Waals surface area (Å²) >= 11 is 0. The number of rotatable bonds is 7. The number of carbonyl (C=O) groups excluding carboxylic acids is 1. The van der Waals surface area contributed by atoms with E-state index in [0.29, 0.717) is 22.9 Å². The van der Waals surface area contributed by atoms with Gasteiger partial charge in [-0.3, -0.25) is 9.89 Å². The van der Waals surface area contributed by atoms with E-state index in [1.54, 1.807) is 25.1 Å². The van der Waals surface area contributed by atoms with Crippen molar-refractivity contribution in [2.24, 2.45) is 5.92 Å². The summed E-state index contributed by atoms with van der Waals surface area (Å²) in [4.78, 5) is 12.6. The molecule has 1 fully saturated rings. The number of hydrogen-bond donors (Lipinski definition) is 3. The third kappa shape index (κ3) is 4.79. The molecular formula is C20H28N4O4S. The number of hydrogen-bond acceptors (Lipinski definition) is 5. The first-order valence-electron chi connectivity index (χ1n) is 9.90. The first-order valence-corrected chi connectivity index (χ1v) is 11.4. The Kier molecular flexibility index (Phi) is 6.59. The highest BCUT2D eigenvalue weighted by Gasteiger charge is 2.24. The van der Waals surface area contributed by atoms with Crippen molar-refractivity contribution in [2.45, 2.75) is 50.5 Å². The molecule has 8 nitrogen and oxygen atoms in total. The van der Waals surface area contributed by atoms with Crippen molar-refractivity contribution < 1.29 is 17.9 Å². The normalized spacial score (nSPS) is 19.7. The van der Waals surface area contributed by atoms with E-state index in [0.717, 1.165) is 19.3 Å². The number of aromatic amines is 1. The van der Waals surface area contributed by atoms with Crippen LogP contribution in [0.5, 0.6) is 5.75 Å². The minimum absolute atomic E-state index is 0.0318. The number of nitrogens with one attached hydrogen (secondary N) is 3. The molecule has 1 aromatic heterocycles. The number of carbonyl (C=O) groups is 1. The highest BCUT2D eigenvalue weighted by atomic mass is 32.2. The maximum atomic E-state index is 12.6. The van der Waals surface area contributed by atoms with Gasteiger partial charge in [-0.25, -0.2) is 13.1 Å². The SMILES string of the molecule is CCNS(=O)(=O)c1cc(-c2cc(C(=O)N[C@H]3CCCC[C@H]3C)[nH]n2)ccc1OC. The van der Waals surface area contributed by atoms with E-state index in [-0.39, 0.29) is 29.1 Å². The van der Waals surface area contributed by atoms with Gasteiger partial charge in [0.15, 0.2) is 0 Å². The Bertz CT molecular complexity index is 971. The second kappa shape index (κ2) is 8.96. The number of benzene rings is 1. The predicted octanol–water partition coefficient (Wildman–Crippen LogP) is 2.69. The summed E-state index contributed by atoms with van der Waals surface area (Å²) in [6.07, 6.45) is 4.43. The van der Waals surface area contributed by atoms with E-state index in [4.69, 9.17) is 4.74 Å². The van der Waals surface area contributed by atoms with Crippen molar-refractivity contribution in [1.82, 2.24) is 20.2 Å². The standard InChI is InChI=1S/C20H28N4O4S/c1-4-21-29(26,27)19-11-14(9-10-18(19)28-3)16-12-17(24-23-16)20(25)22-15-8-6-5-7-13(15)2/h9-13,15,21H,4-8H2,1-3H3,(H,22,25)(H,23,24)/t13-,15+/m1/s1. The Hall–Kier alpha value is -2.39. The van der Waals surface area contributed by atoms with Gasteiger partial charge in [-0.2, -0.15) is 5.10 Å². The molecule has 0 saturated heterocycles. The fraction of sp³-hybridized carbons (Fsp3) is 0.500. The lowest BCUT2D eigenvalue weighted by Crippen LogP contribution is -2.41. The Balaban J connectivity index is 1.83. The monoisotopic (exact) mass is 420 g/mol.